The number of nitrogens with zero attached hydrogens (tertiary/aromatic N) is 2. The second kappa shape index (κ2) is 9.66. The Bertz CT molecular complexity index is 813. The first kappa shape index (κ1) is 20.3. The number of anilines is 2. The van der Waals surface area contributed by atoms with E-state index in [9.17, 15) is 9.59 Å². The maximum absolute atomic E-state index is 12.0. The lowest BCUT2D eigenvalue weighted by Gasteiger charge is -2.36. The first-order valence-electron chi connectivity index (χ1n) is 9.35. The first-order chi connectivity index (χ1) is 13.6. The molecule has 8 heteroatoms. The SMILES string of the molecule is CCCC(=O)N1CCN(c2ccc(NC(=S)NC(=O)c3cccs3)cc2)CC1. The topological polar surface area (TPSA) is 64.7 Å². The van der Waals surface area contributed by atoms with Crippen molar-refractivity contribution >= 4 is 51.9 Å². The fourth-order valence-corrected chi connectivity index (χ4v) is 3.91. The van der Waals surface area contributed by atoms with Crippen molar-refractivity contribution < 1.29 is 9.59 Å². The van der Waals surface area contributed by atoms with Crippen LogP contribution in [0.5, 0.6) is 0 Å². The lowest BCUT2D eigenvalue weighted by atomic mass is 10.2. The normalized spacial score (nSPS) is 13.9. The van der Waals surface area contributed by atoms with Crippen molar-refractivity contribution in [2.45, 2.75) is 19.8 Å². The van der Waals surface area contributed by atoms with Gasteiger partial charge < -0.3 is 15.1 Å². The molecule has 1 aliphatic rings. The van der Waals surface area contributed by atoms with Crippen LogP contribution in [0.2, 0.25) is 0 Å². The lowest BCUT2D eigenvalue weighted by Crippen LogP contribution is -2.48. The number of thiocarbonyl (C=S) groups is 1. The molecule has 2 N–H and O–H groups in total. The highest BCUT2D eigenvalue weighted by atomic mass is 32.1. The second-order valence-electron chi connectivity index (χ2n) is 6.55. The molecule has 1 aromatic heterocycles. The van der Waals surface area contributed by atoms with E-state index in [0.29, 0.717) is 11.3 Å². The third-order valence-electron chi connectivity index (χ3n) is 4.56. The molecule has 2 amide bonds. The van der Waals surface area contributed by atoms with Crippen molar-refractivity contribution in [3.8, 4) is 0 Å². The van der Waals surface area contributed by atoms with Gasteiger partial charge in [-0.25, -0.2) is 0 Å². The van der Waals surface area contributed by atoms with Gasteiger partial charge in [0, 0.05) is 44.0 Å². The van der Waals surface area contributed by atoms with Gasteiger partial charge in [0.15, 0.2) is 5.11 Å². The number of rotatable bonds is 5. The van der Waals surface area contributed by atoms with Crippen molar-refractivity contribution in [2.24, 2.45) is 0 Å². The molecule has 3 rings (SSSR count). The number of nitrogens with one attached hydrogen (secondary N) is 2. The summed E-state index contributed by atoms with van der Waals surface area (Å²) in [5.41, 5.74) is 1.93. The number of piperazine rings is 1. The van der Waals surface area contributed by atoms with Gasteiger partial charge in [-0.3, -0.25) is 14.9 Å². The van der Waals surface area contributed by atoms with E-state index in [1.807, 2.05) is 47.5 Å². The summed E-state index contributed by atoms with van der Waals surface area (Å²) in [6, 6.07) is 11.5. The second-order valence-corrected chi connectivity index (χ2v) is 7.91. The van der Waals surface area contributed by atoms with Crippen LogP contribution in [0.3, 0.4) is 0 Å². The fourth-order valence-electron chi connectivity index (χ4n) is 3.08. The molecular formula is C20H24N4O2S2. The molecule has 148 valence electrons. The summed E-state index contributed by atoms with van der Waals surface area (Å²) in [4.78, 5) is 28.9. The van der Waals surface area contributed by atoms with E-state index in [4.69, 9.17) is 12.2 Å². The van der Waals surface area contributed by atoms with Crippen molar-refractivity contribution in [3.63, 3.8) is 0 Å². The molecule has 0 spiro atoms. The van der Waals surface area contributed by atoms with Crippen LogP contribution < -0.4 is 15.5 Å². The largest absolute Gasteiger partial charge is 0.368 e. The number of carbonyl (C=O) groups is 2. The Labute approximate surface area is 174 Å². The molecule has 1 aromatic carbocycles. The van der Waals surface area contributed by atoms with Crippen LogP contribution in [0.4, 0.5) is 11.4 Å². The Balaban J connectivity index is 1.49. The average molecular weight is 417 g/mol. The number of hydrogen-bond donors (Lipinski definition) is 2. The van der Waals surface area contributed by atoms with Gasteiger partial charge in [0.25, 0.3) is 5.91 Å². The molecule has 2 aromatic rings. The van der Waals surface area contributed by atoms with Gasteiger partial charge in [-0.2, -0.15) is 0 Å². The minimum Gasteiger partial charge on any atom is -0.368 e. The molecule has 0 unspecified atom stereocenters. The third-order valence-corrected chi connectivity index (χ3v) is 5.63. The van der Waals surface area contributed by atoms with Crippen LogP contribution in [-0.4, -0.2) is 48.0 Å². The molecule has 0 saturated carbocycles. The molecule has 1 saturated heterocycles. The maximum Gasteiger partial charge on any atom is 0.267 e. The summed E-state index contributed by atoms with van der Waals surface area (Å²) in [6.07, 6.45) is 1.52. The van der Waals surface area contributed by atoms with Gasteiger partial charge >= 0.3 is 0 Å². The average Bonchev–Trinajstić information content (AvgIpc) is 3.24. The van der Waals surface area contributed by atoms with Crippen LogP contribution in [0, 0.1) is 0 Å². The number of amides is 2. The summed E-state index contributed by atoms with van der Waals surface area (Å²) in [5.74, 6) is 0.0411. The molecule has 28 heavy (non-hydrogen) atoms. The Hall–Kier alpha value is -2.45. The van der Waals surface area contributed by atoms with E-state index in [2.05, 4.69) is 15.5 Å². The van der Waals surface area contributed by atoms with Crippen LogP contribution in [0.1, 0.15) is 29.4 Å². The summed E-state index contributed by atoms with van der Waals surface area (Å²) in [6.45, 7) is 5.22. The Kier molecular flexibility index (Phi) is 7.00. The zero-order valence-corrected chi connectivity index (χ0v) is 17.4. The van der Waals surface area contributed by atoms with Crippen LogP contribution in [0.15, 0.2) is 41.8 Å². The van der Waals surface area contributed by atoms with E-state index < -0.39 is 0 Å². The van der Waals surface area contributed by atoms with Crippen LogP contribution in [-0.2, 0) is 4.79 Å². The zero-order chi connectivity index (χ0) is 19.9. The monoisotopic (exact) mass is 416 g/mol. The third kappa shape index (κ3) is 5.30. The molecule has 2 heterocycles. The smallest absolute Gasteiger partial charge is 0.267 e. The quantitative estimate of drug-likeness (QED) is 0.732. The maximum atomic E-state index is 12.0. The van der Waals surface area contributed by atoms with Crippen LogP contribution in [0.25, 0.3) is 0 Å². The molecule has 0 aliphatic carbocycles. The van der Waals surface area contributed by atoms with E-state index in [1.165, 1.54) is 11.3 Å². The van der Waals surface area contributed by atoms with Crippen LogP contribution >= 0.6 is 23.6 Å². The van der Waals surface area contributed by atoms with E-state index >= 15 is 0 Å². The van der Waals surface area contributed by atoms with E-state index in [1.54, 1.807) is 6.07 Å². The Morgan fingerprint density at radius 3 is 2.43 bits per heavy atom. The molecule has 6 nitrogen and oxygen atoms in total. The predicted octanol–water partition coefficient (Wildman–Crippen LogP) is 3.32. The van der Waals surface area contributed by atoms with Gasteiger partial charge in [-0.15, -0.1) is 11.3 Å². The Morgan fingerprint density at radius 2 is 1.82 bits per heavy atom. The summed E-state index contributed by atoms with van der Waals surface area (Å²) < 4.78 is 0. The van der Waals surface area contributed by atoms with Crippen molar-refractivity contribution in [1.82, 2.24) is 10.2 Å². The number of hydrogen-bond acceptors (Lipinski definition) is 5. The number of thiophene rings is 1. The molecule has 1 aliphatic heterocycles. The highest BCUT2D eigenvalue weighted by molar-refractivity contribution is 7.80. The minimum absolute atomic E-state index is 0.209. The van der Waals surface area contributed by atoms with E-state index in [-0.39, 0.29) is 16.9 Å². The molecule has 0 bridgehead atoms. The molecular weight excluding hydrogens is 392 g/mol. The number of carbonyl (C=O) groups excluding carboxylic acids is 2. The van der Waals surface area contributed by atoms with Crippen molar-refractivity contribution in [1.29, 1.82) is 0 Å². The summed E-state index contributed by atoms with van der Waals surface area (Å²) in [5, 5.41) is 7.84. The minimum atomic E-state index is -0.209. The van der Waals surface area contributed by atoms with Crippen molar-refractivity contribution in [3.05, 3.63) is 46.7 Å². The van der Waals surface area contributed by atoms with Gasteiger partial charge in [0.1, 0.15) is 0 Å². The highest BCUT2D eigenvalue weighted by Gasteiger charge is 2.20. The fraction of sp³-hybridized carbons (Fsp3) is 0.350. The molecule has 0 atom stereocenters. The van der Waals surface area contributed by atoms with Gasteiger partial charge in [-0.1, -0.05) is 13.0 Å². The number of benzene rings is 1. The Morgan fingerprint density at radius 1 is 1.11 bits per heavy atom. The molecule has 0 radical (unpaired) electrons. The van der Waals surface area contributed by atoms with Crippen molar-refractivity contribution in [2.75, 3.05) is 36.4 Å². The standard InChI is InChI=1S/C20H24N4O2S2/c1-2-4-18(25)24-12-10-23(11-13-24)16-8-6-15(7-9-16)21-20(27)22-19(26)17-5-3-14-28-17/h3,5-9,14H,2,4,10-13H2,1H3,(H2,21,22,26,27). The first-order valence-corrected chi connectivity index (χ1v) is 10.6. The predicted molar refractivity (Wildman–Crippen MR) is 118 cm³/mol. The summed E-state index contributed by atoms with van der Waals surface area (Å²) >= 11 is 6.59. The summed E-state index contributed by atoms with van der Waals surface area (Å²) in [7, 11) is 0. The lowest BCUT2D eigenvalue weighted by molar-refractivity contribution is -0.131. The van der Waals surface area contributed by atoms with Gasteiger partial charge in [0.05, 0.1) is 4.88 Å². The van der Waals surface area contributed by atoms with E-state index in [0.717, 1.165) is 44.0 Å². The zero-order valence-electron chi connectivity index (χ0n) is 15.8. The molecule has 1 fully saturated rings. The van der Waals surface area contributed by atoms with Gasteiger partial charge in [-0.05, 0) is 54.4 Å². The van der Waals surface area contributed by atoms with Gasteiger partial charge in [0.2, 0.25) is 5.91 Å². The highest BCUT2D eigenvalue weighted by Crippen LogP contribution is 2.20.